The zero-order chi connectivity index (χ0) is 10.8. The van der Waals surface area contributed by atoms with E-state index in [1.165, 1.54) is 18.4 Å². The average Bonchev–Trinajstić information content (AvgIpc) is 2.82. The Labute approximate surface area is 84.4 Å². The van der Waals surface area contributed by atoms with Gasteiger partial charge in [-0.15, -0.1) is 5.06 Å². The molecule has 1 saturated heterocycles. The highest BCUT2D eigenvalue weighted by Crippen LogP contribution is 2.14. The first-order valence-corrected chi connectivity index (χ1v) is 4.30. The zero-order valence-electron chi connectivity index (χ0n) is 7.63. The molecular formula is C9H7NO5. The maximum absolute atomic E-state index is 11.3. The highest BCUT2D eigenvalue weighted by Gasteiger charge is 2.33. The average molecular weight is 209 g/mol. The predicted molar refractivity (Wildman–Crippen MR) is 45.2 cm³/mol. The second-order valence-electron chi connectivity index (χ2n) is 2.94. The lowest BCUT2D eigenvalue weighted by molar-refractivity contribution is -0.173. The van der Waals surface area contributed by atoms with E-state index in [-0.39, 0.29) is 18.6 Å². The molecule has 0 atom stereocenters. The van der Waals surface area contributed by atoms with Gasteiger partial charge in [0.05, 0.1) is 6.26 Å². The Morgan fingerprint density at radius 1 is 1.33 bits per heavy atom. The van der Waals surface area contributed by atoms with Crippen LogP contribution in [0.15, 0.2) is 22.8 Å². The van der Waals surface area contributed by atoms with Gasteiger partial charge in [0.1, 0.15) is 0 Å². The minimum absolute atomic E-state index is 0.0532. The minimum Gasteiger partial charge on any atom is -0.457 e. The fourth-order valence-corrected chi connectivity index (χ4v) is 1.18. The van der Waals surface area contributed by atoms with E-state index in [0.717, 1.165) is 0 Å². The number of amides is 2. The Morgan fingerprint density at radius 3 is 2.53 bits per heavy atom. The van der Waals surface area contributed by atoms with E-state index in [0.29, 0.717) is 5.06 Å². The first-order chi connectivity index (χ1) is 7.18. The van der Waals surface area contributed by atoms with E-state index in [4.69, 9.17) is 4.42 Å². The van der Waals surface area contributed by atoms with Gasteiger partial charge in [-0.3, -0.25) is 9.59 Å². The molecule has 0 saturated carbocycles. The Hall–Kier alpha value is -2.11. The third-order valence-corrected chi connectivity index (χ3v) is 1.90. The van der Waals surface area contributed by atoms with Crippen LogP contribution in [0.25, 0.3) is 0 Å². The van der Waals surface area contributed by atoms with Gasteiger partial charge < -0.3 is 9.25 Å². The van der Waals surface area contributed by atoms with Crippen LogP contribution in [-0.2, 0) is 14.4 Å². The lowest BCUT2D eigenvalue weighted by atomic mass is 10.4. The molecule has 0 aromatic carbocycles. The van der Waals surface area contributed by atoms with Gasteiger partial charge in [0.15, 0.2) is 0 Å². The summed E-state index contributed by atoms with van der Waals surface area (Å²) in [6.07, 6.45) is 1.44. The quantitative estimate of drug-likeness (QED) is 0.663. The van der Waals surface area contributed by atoms with Crippen LogP contribution in [0.1, 0.15) is 23.4 Å². The van der Waals surface area contributed by atoms with Crippen molar-refractivity contribution in [2.75, 3.05) is 0 Å². The molecule has 15 heavy (non-hydrogen) atoms. The molecule has 6 nitrogen and oxygen atoms in total. The van der Waals surface area contributed by atoms with Gasteiger partial charge in [-0.2, -0.15) is 0 Å². The molecule has 0 aliphatic carbocycles. The van der Waals surface area contributed by atoms with Crippen molar-refractivity contribution in [3.8, 4) is 0 Å². The molecule has 2 amide bonds. The maximum Gasteiger partial charge on any atom is 0.398 e. The summed E-state index contributed by atoms with van der Waals surface area (Å²) in [5.41, 5.74) is 0. The van der Waals surface area contributed by atoms with Gasteiger partial charge in [-0.05, 0) is 12.1 Å². The second kappa shape index (κ2) is 3.56. The molecule has 1 aromatic heterocycles. The van der Waals surface area contributed by atoms with Crippen molar-refractivity contribution >= 4 is 17.8 Å². The van der Waals surface area contributed by atoms with Gasteiger partial charge in [0, 0.05) is 12.8 Å². The summed E-state index contributed by atoms with van der Waals surface area (Å²) >= 11 is 0. The molecule has 2 rings (SSSR count). The number of rotatable bonds is 2. The van der Waals surface area contributed by atoms with Crippen molar-refractivity contribution in [3.63, 3.8) is 0 Å². The highest BCUT2D eigenvalue weighted by molar-refractivity contribution is 6.02. The van der Waals surface area contributed by atoms with Gasteiger partial charge in [-0.1, -0.05) is 0 Å². The van der Waals surface area contributed by atoms with Crippen molar-refractivity contribution < 1.29 is 23.6 Å². The molecule has 0 N–H and O–H groups in total. The van der Waals surface area contributed by atoms with Crippen molar-refractivity contribution in [3.05, 3.63) is 24.2 Å². The lowest BCUT2D eigenvalue weighted by Crippen LogP contribution is -2.31. The fraction of sp³-hybridized carbons (Fsp3) is 0.222. The fourth-order valence-electron chi connectivity index (χ4n) is 1.18. The van der Waals surface area contributed by atoms with E-state index in [1.54, 1.807) is 0 Å². The van der Waals surface area contributed by atoms with Crippen LogP contribution in [0, 0.1) is 0 Å². The van der Waals surface area contributed by atoms with E-state index >= 15 is 0 Å². The normalized spacial score (nSPS) is 15.9. The number of hydrogen-bond donors (Lipinski definition) is 0. The topological polar surface area (TPSA) is 76.8 Å². The molecule has 2 heterocycles. The summed E-state index contributed by atoms with van der Waals surface area (Å²) in [6.45, 7) is 0. The van der Waals surface area contributed by atoms with Gasteiger partial charge in [0.25, 0.3) is 11.8 Å². The SMILES string of the molecule is O=C(ON1C(=O)CCC1=O)c1ccco1. The van der Waals surface area contributed by atoms with Crippen LogP contribution >= 0.6 is 0 Å². The predicted octanol–water partition coefficient (Wildman–Crippen LogP) is 0.500. The Kier molecular flexibility index (Phi) is 2.24. The molecule has 6 heteroatoms. The van der Waals surface area contributed by atoms with Crippen LogP contribution < -0.4 is 0 Å². The van der Waals surface area contributed by atoms with Gasteiger partial charge in [0.2, 0.25) is 5.76 Å². The number of imide groups is 1. The molecule has 78 valence electrons. The highest BCUT2D eigenvalue weighted by atomic mass is 16.7. The van der Waals surface area contributed by atoms with Crippen molar-refractivity contribution in [1.29, 1.82) is 0 Å². The molecule has 0 spiro atoms. The van der Waals surface area contributed by atoms with Crippen molar-refractivity contribution in [1.82, 2.24) is 5.06 Å². The van der Waals surface area contributed by atoms with Crippen LogP contribution in [0.4, 0.5) is 0 Å². The standard InChI is InChI=1S/C9H7NO5/c11-7-3-4-8(12)10(7)15-9(13)6-2-1-5-14-6/h1-2,5H,3-4H2. The van der Waals surface area contributed by atoms with Crippen LogP contribution in [0.2, 0.25) is 0 Å². The Morgan fingerprint density at radius 2 is 2.00 bits per heavy atom. The largest absolute Gasteiger partial charge is 0.457 e. The van der Waals surface area contributed by atoms with Gasteiger partial charge >= 0.3 is 5.97 Å². The number of carbonyl (C=O) groups excluding carboxylic acids is 3. The summed E-state index contributed by atoms with van der Waals surface area (Å²) in [4.78, 5) is 38.0. The summed E-state index contributed by atoms with van der Waals surface area (Å²) in [7, 11) is 0. The molecule has 0 unspecified atom stereocenters. The molecule has 0 radical (unpaired) electrons. The monoisotopic (exact) mass is 209 g/mol. The number of carbonyl (C=O) groups is 3. The number of hydroxylamine groups is 2. The van der Waals surface area contributed by atoms with E-state index in [1.807, 2.05) is 0 Å². The Bertz CT molecular complexity index is 392. The maximum atomic E-state index is 11.3. The van der Waals surface area contributed by atoms with Crippen LogP contribution in [0.5, 0.6) is 0 Å². The molecule has 1 aromatic rings. The first kappa shape index (κ1) is 9.45. The van der Waals surface area contributed by atoms with Crippen LogP contribution in [-0.4, -0.2) is 22.8 Å². The Balaban J connectivity index is 2.06. The molecule has 1 aliphatic heterocycles. The van der Waals surface area contributed by atoms with E-state index in [9.17, 15) is 14.4 Å². The van der Waals surface area contributed by atoms with Crippen LogP contribution in [0.3, 0.4) is 0 Å². The number of furan rings is 1. The molecular weight excluding hydrogens is 202 g/mol. The lowest BCUT2D eigenvalue weighted by Gasteiger charge is -2.10. The molecule has 1 aliphatic rings. The molecule has 1 fully saturated rings. The van der Waals surface area contributed by atoms with Gasteiger partial charge in [-0.25, -0.2) is 4.79 Å². The summed E-state index contributed by atoms with van der Waals surface area (Å²) in [6, 6.07) is 2.89. The third kappa shape index (κ3) is 1.74. The summed E-state index contributed by atoms with van der Waals surface area (Å²) < 4.78 is 4.75. The summed E-state index contributed by atoms with van der Waals surface area (Å²) in [5, 5.41) is 0.477. The van der Waals surface area contributed by atoms with E-state index < -0.39 is 17.8 Å². The third-order valence-electron chi connectivity index (χ3n) is 1.90. The van der Waals surface area contributed by atoms with E-state index in [2.05, 4.69) is 4.84 Å². The minimum atomic E-state index is -0.858. The van der Waals surface area contributed by atoms with Crippen molar-refractivity contribution in [2.24, 2.45) is 0 Å². The van der Waals surface area contributed by atoms with Crippen molar-refractivity contribution in [2.45, 2.75) is 12.8 Å². The summed E-state index contributed by atoms with van der Waals surface area (Å²) in [5.74, 6) is -1.94. The molecule has 0 bridgehead atoms. The number of nitrogens with zero attached hydrogens (tertiary/aromatic N) is 1. The smallest absolute Gasteiger partial charge is 0.398 e. The first-order valence-electron chi connectivity index (χ1n) is 4.30. The second-order valence-corrected chi connectivity index (χ2v) is 2.94. The zero-order valence-corrected chi connectivity index (χ0v) is 7.63. The number of hydrogen-bond acceptors (Lipinski definition) is 5.